The molecule has 2 heterocycles. The third-order valence-corrected chi connectivity index (χ3v) is 6.16. The van der Waals surface area contributed by atoms with E-state index in [9.17, 15) is 20.4 Å². The van der Waals surface area contributed by atoms with Crippen LogP contribution in [0.4, 0.5) is 5.69 Å². The van der Waals surface area contributed by atoms with Gasteiger partial charge in [-0.2, -0.15) is 0 Å². The van der Waals surface area contributed by atoms with Crippen molar-refractivity contribution in [3.8, 4) is 0 Å². The molecule has 6 nitrogen and oxygen atoms in total. The van der Waals surface area contributed by atoms with Crippen molar-refractivity contribution in [2.45, 2.75) is 49.8 Å². The van der Waals surface area contributed by atoms with Gasteiger partial charge in [-0.1, -0.05) is 35.9 Å². The van der Waals surface area contributed by atoms with Crippen molar-refractivity contribution in [1.29, 1.82) is 0 Å². The van der Waals surface area contributed by atoms with E-state index in [0.717, 1.165) is 30.5 Å². The molecule has 0 amide bonds. The molecule has 0 aromatic heterocycles. The maximum atomic E-state index is 10.4. The molecule has 0 saturated carbocycles. The van der Waals surface area contributed by atoms with Crippen molar-refractivity contribution < 1.29 is 25.2 Å². The van der Waals surface area contributed by atoms with E-state index in [1.165, 1.54) is 11.3 Å². The molecule has 156 valence electrons. The number of benzene rings is 2. The van der Waals surface area contributed by atoms with Crippen LogP contribution in [0.25, 0.3) is 0 Å². The number of ether oxygens (including phenoxy) is 1. The Bertz CT molecular complexity index is 874. The predicted octanol–water partition coefficient (Wildman–Crippen LogP) is 1.80. The number of nitrogens with one attached hydrogen (secondary N) is 1. The molecule has 0 spiro atoms. The fraction of sp³-hybridized carbons (Fsp3) is 0.455. The number of aryl methyl sites for hydroxylation is 1. The minimum absolute atomic E-state index is 0.453. The summed E-state index contributed by atoms with van der Waals surface area (Å²) in [7, 11) is 0. The molecule has 0 aliphatic carbocycles. The van der Waals surface area contributed by atoms with Gasteiger partial charge in [0.2, 0.25) is 0 Å². The van der Waals surface area contributed by atoms with Crippen molar-refractivity contribution in [3.63, 3.8) is 0 Å². The van der Waals surface area contributed by atoms with Crippen LogP contribution in [0.1, 0.15) is 34.8 Å². The molecule has 1 saturated heterocycles. The first kappa shape index (κ1) is 20.6. The Hall–Kier alpha value is -1.67. The highest BCUT2D eigenvalue weighted by atomic mass is 35.5. The fourth-order valence-corrected chi connectivity index (χ4v) is 4.33. The fourth-order valence-electron chi connectivity index (χ4n) is 4.14. The summed E-state index contributed by atoms with van der Waals surface area (Å²) in [5, 5.41) is 43.9. The lowest BCUT2D eigenvalue weighted by Crippen LogP contribution is -2.55. The number of hydrogen-bond donors (Lipinski definition) is 5. The van der Waals surface area contributed by atoms with E-state index in [2.05, 4.69) is 23.5 Å². The summed E-state index contributed by atoms with van der Waals surface area (Å²) in [6.45, 7) is 0.546. The molecule has 29 heavy (non-hydrogen) atoms. The van der Waals surface area contributed by atoms with Crippen LogP contribution >= 0.6 is 11.6 Å². The van der Waals surface area contributed by atoms with Crippen LogP contribution in [0.3, 0.4) is 0 Å². The third-order valence-electron chi connectivity index (χ3n) is 5.79. The van der Waals surface area contributed by atoms with E-state index in [1.54, 1.807) is 12.1 Å². The van der Waals surface area contributed by atoms with Crippen molar-refractivity contribution in [1.82, 2.24) is 0 Å². The van der Waals surface area contributed by atoms with Crippen LogP contribution in [0.15, 0.2) is 36.4 Å². The Kier molecular flexibility index (Phi) is 6.11. The van der Waals surface area contributed by atoms with Crippen molar-refractivity contribution >= 4 is 17.3 Å². The topological polar surface area (TPSA) is 102 Å². The highest BCUT2D eigenvalue weighted by Gasteiger charge is 2.44. The molecule has 7 heteroatoms. The lowest BCUT2D eigenvalue weighted by atomic mass is 9.90. The van der Waals surface area contributed by atoms with E-state index in [4.69, 9.17) is 16.3 Å². The Morgan fingerprint density at radius 3 is 2.66 bits per heavy atom. The molecule has 0 radical (unpaired) electrons. The van der Waals surface area contributed by atoms with Crippen molar-refractivity contribution in [3.05, 3.63) is 63.7 Å². The first-order chi connectivity index (χ1) is 14.0. The van der Waals surface area contributed by atoms with Gasteiger partial charge in [0, 0.05) is 17.3 Å². The maximum Gasteiger partial charge on any atom is 0.113 e. The minimum atomic E-state index is -1.40. The standard InChI is InChI=1S/C22H26ClNO5/c23-16-5-4-14(22-21(28)20(27)19(26)18(11-25)29-22)10-15(16)9-12-3-6-17-13(8-12)2-1-7-24-17/h3-6,8,10,18-22,24-28H,1-2,7,9,11H2/t18-,19-,20+,21-,22+/m1/s1. The van der Waals surface area contributed by atoms with Crippen LogP contribution in [0, 0.1) is 0 Å². The SMILES string of the molecule is OC[C@H]1O[C@@H](c2ccc(Cl)c(Cc3ccc4c(c3)CCCN4)c2)[C@H](O)[C@@H](O)[C@@H]1O. The number of hydrogen-bond acceptors (Lipinski definition) is 6. The van der Waals surface area contributed by atoms with E-state index in [0.29, 0.717) is 17.0 Å². The second-order valence-electron chi connectivity index (χ2n) is 7.80. The first-order valence-electron chi connectivity index (χ1n) is 9.92. The largest absolute Gasteiger partial charge is 0.394 e. The molecular weight excluding hydrogens is 394 g/mol. The monoisotopic (exact) mass is 419 g/mol. The molecular formula is C22H26ClNO5. The van der Waals surface area contributed by atoms with Gasteiger partial charge in [-0.25, -0.2) is 0 Å². The molecule has 2 aliphatic heterocycles. The molecule has 5 atom stereocenters. The van der Waals surface area contributed by atoms with Gasteiger partial charge in [0.05, 0.1) is 6.61 Å². The summed E-state index contributed by atoms with van der Waals surface area (Å²) in [6, 6.07) is 11.7. The minimum Gasteiger partial charge on any atom is -0.394 e. The number of halogens is 1. The quantitative estimate of drug-likeness (QED) is 0.518. The van der Waals surface area contributed by atoms with Gasteiger partial charge in [0.25, 0.3) is 0 Å². The number of fused-ring (bicyclic) bond motifs is 1. The summed E-state index contributed by atoms with van der Waals surface area (Å²) in [4.78, 5) is 0. The molecule has 2 aliphatic rings. The van der Waals surface area contributed by atoms with Crippen LogP contribution in [0.5, 0.6) is 0 Å². The normalized spacial score (nSPS) is 29.2. The molecule has 2 aromatic carbocycles. The Balaban J connectivity index is 1.59. The summed E-state index contributed by atoms with van der Waals surface area (Å²) < 4.78 is 5.67. The summed E-state index contributed by atoms with van der Waals surface area (Å²) in [6.07, 6.45) is -3.10. The van der Waals surface area contributed by atoms with E-state index < -0.39 is 37.1 Å². The van der Waals surface area contributed by atoms with Gasteiger partial charge < -0.3 is 30.5 Å². The van der Waals surface area contributed by atoms with Gasteiger partial charge in [-0.15, -0.1) is 0 Å². The zero-order chi connectivity index (χ0) is 20.5. The Morgan fingerprint density at radius 2 is 1.86 bits per heavy atom. The number of aliphatic hydroxyl groups excluding tert-OH is 4. The lowest BCUT2D eigenvalue weighted by molar-refractivity contribution is -0.231. The molecule has 4 rings (SSSR count). The van der Waals surface area contributed by atoms with E-state index in [-0.39, 0.29) is 0 Å². The van der Waals surface area contributed by atoms with Crippen LogP contribution in [-0.4, -0.2) is 58.0 Å². The zero-order valence-electron chi connectivity index (χ0n) is 16.0. The molecule has 0 bridgehead atoms. The van der Waals surface area contributed by atoms with Gasteiger partial charge in [0.15, 0.2) is 0 Å². The summed E-state index contributed by atoms with van der Waals surface area (Å²) >= 11 is 6.43. The second-order valence-corrected chi connectivity index (χ2v) is 8.21. The van der Waals surface area contributed by atoms with Crippen molar-refractivity contribution in [2.75, 3.05) is 18.5 Å². The van der Waals surface area contributed by atoms with Gasteiger partial charge in [-0.3, -0.25) is 0 Å². The van der Waals surface area contributed by atoms with E-state index >= 15 is 0 Å². The third kappa shape index (κ3) is 4.14. The summed E-state index contributed by atoms with van der Waals surface area (Å²) in [5.74, 6) is 0. The molecule has 2 aromatic rings. The highest BCUT2D eigenvalue weighted by Crippen LogP contribution is 2.34. The molecule has 0 unspecified atom stereocenters. The predicted molar refractivity (Wildman–Crippen MR) is 110 cm³/mol. The second kappa shape index (κ2) is 8.60. The van der Waals surface area contributed by atoms with E-state index in [1.807, 2.05) is 6.07 Å². The van der Waals surface area contributed by atoms with Crippen LogP contribution in [-0.2, 0) is 17.6 Å². The van der Waals surface area contributed by atoms with Crippen LogP contribution in [0.2, 0.25) is 5.02 Å². The highest BCUT2D eigenvalue weighted by molar-refractivity contribution is 6.31. The number of anilines is 1. The average molecular weight is 420 g/mol. The smallest absolute Gasteiger partial charge is 0.113 e. The van der Waals surface area contributed by atoms with Crippen molar-refractivity contribution in [2.24, 2.45) is 0 Å². The zero-order valence-corrected chi connectivity index (χ0v) is 16.7. The first-order valence-corrected chi connectivity index (χ1v) is 10.3. The lowest BCUT2D eigenvalue weighted by Gasteiger charge is -2.40. The molecule has 5 N–H and O–H groups in total. The summed E-state index contributed by atoms with van der Waals surface area (Å²) in [5.41, 5.74) is 5.14. The van der Waals surface area contributed by atoms with Gasteiger partial charge in [-0.05, 0) is 53.6 Å². The van der Waals surface area contributed by atoms with Gasteiger partial charge in [0.1, 0.15) is 30.5 Å². The average Bonchev–Trinajstić information content (AvgIpc) is 2.74. The Morgan fingerprint density at radius 1 is 1.03 bits per heavy atom. The maximum absolute atomic E-state index is 10.4. The molecule has 1 fully saturated rings. The number of aliphatic hydroxyl groups is 4. The van der Waals surface area contributed by atoms with Crippen LogP contribution < -0.4 is 5.32 Å². The number of rotatable bonds is 4. The van der Waals surface area contributed by atoms with Gasteiger partial charge >= 0.3 is 0 Å². The Labute approximate surface area is 174 Å².